The van der Waals surface area contributed by atoms with Gasteiger partial charge in [0.2, 0.25) is 0 Å². The minimum absolute atomic E-state index is 0.229. The summed E-state index contributed by atoms with van der Waals surface area (Å²) in [6.45, 7) is 0. The summed E-state index contributed by atoms with van der Waals surface area (Å²) in [4.78, 5) is 9.64. The summed E-state index contributed by atoms with van der Waals surface area (Å²) in [5.74, 6) is -1.49. The zero-order valence-electron chi connectivity index (χ0n) is 6.87. The molecule has 8 heteroatoms. The van der Waals surface area contributed by atoms with E-state index in [4.69, 9.17) is 28.3 Å². The third-order valence-electron chi connectivity index (χ3n) is 1.50. The van der Waals surface area contributed by atoms with E-state index in [1.807, 2.05) is 0 Å². The molecule has 15 heavy (non-hydrogen) atoms. The molecule has 0 radical (unpaired) electrons. The fraction of sp³-hybridized carbons (Fsp3) is 0. The van der Waals surface area contributed by atoms with Crippen LogP contribution in [0.15, 0.2) is 17.0 Å². The van der Waals surface area contributed by atoms with E-state index in [1.165, 1.54) is 0 Å². The topological polar surface area (TPSA) is 71.4 Å². The molecule has 0 bridgehead atoms. The monoisotopic (exact) mass is 272 g/mol. The molecule has 0 saturated heterocycles. The molecule has 0 aliphatic heterocycles. The predicted octanol–water partition coefficient (Wildman–Crippen LogP) is 2.35. The third kappa shape index (κ3) is 2.58. The molecule has 0 atom stereocenters. The second kappa shape index (κ2) is 3.96. The van der Waals surface area contributed by atoms with Gasteiger partial charge in [0, 0.05) is 5.02 Å². The van der Waals surface area contributed by atoms with E-state index in [1.54, 1.807) is 0 Å². The van der Waals surface area contributed by atoms with Crippen molar-refractivity contribution in [2.75, 3.05) is 0 Å². The summed E-state index contributed by atoms with van der Waals surface area (Å²) in [5.41, 5.74) is -0.569. The summed E-state index contributed by atoms with van der Waals surface area (Å²) in [6.07, 6.45) is 0. The number of carbonyl (C=O) groups is 1. The Morgan fingerprint density at radius 1 is 1.33 bits per heavy atom. The van der Waals surface area contributed by atoms with Crippen molar-refractivity contribution >= 4 is 39.4 Å². The van der Waals surface area contributed by atoms with Gasteiger partial charge in [-0.15, -0.1) is 3.89 Å². The van der Waals surface area contributed by atoms with Crippen LogP contribution in [0.4, 0.5) is 3.89 Å². The first-order chi connectivity index (χ1) is 6.73. The van der Waals surface area contributed by atoms with Crippen molar-refractivity contribution in [2.24, 2.45) is 0 Å². The smallest absolute Gasteiger partial charge is 0.337 e. The molecule has 0 unspecified atom stereocenters. The first-order valence-corrected chi connectivity index (χ1v) is 5.54. The number of rotatable bonds is 2. The van der Waals surface area contributed by atoms with E-state index in [2.05, 4.69) is 0 Å². The van der Waals surface area contributed by atoms with Gasteiger partial charge in [0.15, 0.2) is 0 Å². The number of benzene rings is 1. The molecule has 0 fully saturated rings. The quantitative estimate of drug-likeness (QED) is 0.839. The van der Waals surface area contributed by atoms with Crippen LogP contribution in [-0.4, -0.2) is 19.5 Å². The Balaban J connectivity index is 3.63. The highest BCUT2D eigenvalue weighted by Crippen LogP contribution is 2.30. The number of aromatic carboxylic acids is 1. The molecule has 0 spiro atoms. The van der Waals surface area contributed by atoms with Gasteiger partial charge in [0.25, 0.3) is 0 Å². The van der Waals surface area contributed by atoms with E-state index in [0.29, 0.717) is 0 Å². The van der Waals surface area contributed by atoms with Crippen molar-refractivity contribution in [1.29, 1.82) is 0 Å². The van der Waals surface area contributed by atoms with Gasteiger partial charge < -0.3 is 5.11 Å². The van der Waals surface area contributed by atoms with Crippen LogP contribution in [0.5, 0.6) is 0 Å². The Labute approximate surface area is 94.4 Å². The number of hydrogen-bond donors (Lipinski definition) is 1. The Morgan fingerprint density at radius 2 is 1.87 bits per heavy atom. The lowest BCUT2D eigenvalue weighted by Gasteiger charge is -2.03. The number of halogens is 3. The van der Waals surface area contributed by atoms with Crippen molar-refractivity contribution in [3.63, 3.8) is 0 Å². The first kappa shape index (κ1) is 12.2. The van der Waals surface area contributed by atoms with Crippen LogP contribution in [0.3, 0.4) is 0 Å². The summed E-state index contributed by atoms with van der Waals surface area (Å²) >= 11 is 10.8. The molecule has 1 N–H and O–H groups in total. The lowest BCUT2D eigenvalue weighted by atomic mass is 10.2. The van der Waals surface area contributed by atoms with Gasteiger partial charge in [-0.2, -0.15) is 8.42 Å². The average molecular weight is 273 g/mol. The normalized spacial score (nSPS) is 11.4. The van der Waals surface area contributed by atoms with Gasteiger partial charge in [-0.25, -0.2) is 4.79 Å². The van der Waals surface area contributed by atoms with Crippen LogP contribution in [0.25, 0.3) is 0 Å². The largest absolute Gasteiger partial charge is 0.478 e. The lowest BCUT2D eigenvalue weighted by molar-refractivity contribution is 0.0697. The van der Waals surface area contributed by atoms with Crippen molar-refractivity contribution < 1.29 is 22.2 Å². The fourth-order valence-corrected chi connectivity index (χ4v) is 2.24. The van der Waals surface area contributed by atoms with Gasteiger partial charge in [-0.1, -0.05) is 23.2 Å². The second-order valence-electron chi connectivity index (χ2n) is 2.51. The van der Waals surface area contributed by atoms with Crippen LogP contribution < -0.4 is 0 Å². The first-order valence-electron chi connectivity index (χ1n) is 3.40. The minimum atomic E-state index is -5.09. The Hall–Kier alpha value is -0.850. The minimum Gasteiger partial charge on any atom is -0.478 e. The van der Waals surface area contributed by atoms with Crippen LogP contribution in [-0.2, 0) is 10.2 Å². The number of carboxylic acid groups (broad SMARTS) is 1. The molecule has 1 rings (SSSR count). The van der Waals surface area contributed by atoms with Crippen molar-refractivity contribution in [3.8, 4) is 0 Å². The highest BCUT2D eigenvalue weighted by molar-refractivity contribution is 7.86. The highest BCUT2D eigenvalue weighted by Gasteiger charge is 2.22. The van der Waals surface area contributed by atoms with E-state index < -0.39 is 31.7 Å². The van der Waals surface area contributed by atoms with Gasteiger partial charge in [-0.05, 0) is 12.1 Å². The molecule has 0 aliphatic rings. The molecule has 0 aromatic heterocycles. The number of hydrogen-bond acceptors (Lipinski definition) is 3. The van der Waals surface area contributed by atoms with Gasteiger partial charge in [0.1, 0.15) is 4.90 Å². The maximum absolute atomic E-state index is 12.6. The Morgan fingerprint density at radius 3 is 2.27 bits per heavy atom. The van der Waals surface area contributed by atoms with Crippen LogP contribution in [0.2, 0.25) is 10.0 Å². The van der Waals surface area contributed by atoms with Crippen molar-refractivity contribution in [3.05, 3.63) is 27.7 Å². The standard InChI is InChI=1S/C7H3Cl2FO4S/c8-3-1-4(7(11)12)6(9)5(2-3)15(10,13)14/h1-2H,(H,11,12). The molecule has 0 heterocycles. The summed E-state index contributed by atoms with van der Waals surface area (Å²) in [6, 6.07) is 1.67. The SMILES string of the molecule is O=C(O)c1cc(Cl)cc(S(=O)(=O)F)c1Cl. The zero-order chi connectivity index (χ0) is 11.8. The summed E-state index contributed by atoms with van der Waals surface area (Å²) < 4.78 is 33.8. The molecular formula is C7H3Cl2FO4S. The Bertz CT molecular complexity index is 526. The predicted molar refractivity (Wildman–Crippen MR) is 51.7 cm³/mol. The zero-order valence-corrected chi connectivity index (χ0v) is 9.20. The highest BCUT2D eigenvalue weighted by atomic mass is 35.5. The van der Waals surface area contributed by atoms with Crippen molar-refractivity contribution in [1.82, 2.24) is 0 Å². The van der Waals surface area contributed by atoms with E-state index in [9.17, 15) is 17.1 Å². The second-order valence-corrected chi connectivity index (χ2v) is 4.64. The lowest BCUT2D eigenvalue weighted by Crippen LogP contribution is -2.02. The maximum Gasteiger partial charge on any atom is 0.337 e. The Kier molecular flexibility index (Phi) is 3.22. The van der Waals surface area contributed by atoms with Crippen molar-refractivity contribution in [2.45, 2.75) is 4.90 Å². The molecule has 1 aromatic rings. The van der Waals surface area contributed by atoms with Crippen LogP contribution >= 0.6 is 23.2 Å². The third-order valence-corrected chi connectivity index (χ3v) is 3.08. The maximum atomic E-state index is 12.6. The fourth-order valence-electron chi connectivity index (χ4n) is 0.897. The molecule has 0 saturated carbocycles. The average Bonchev–Trinajstić information content (AvgIpc) is 2.06. The molecular weight excluding hydrogens is 270 g/mol. The summed E-state index contributed by atoms with van der Waals surface area (Å²) in [5, 5.41) is 7.69. The molecule has 0 amide bonds. The summed E-state index contributed by atoms with van der Waals surface area (Å²) in [7, 11) is -5.09. The van der Waals surface area contributed by atoms with Gasteiger partial charge in [-0.3, -0.25) is 0 Å². The van der Waals surface area contributed by atoms with Gasteiger partial charge >= 0.3 is 16.2 Å². The molecule has 0 aliphatic carbocycles. The van der Waals surface area contributed by atoms with Crippen LogP contribution in [0.1, 0.15) is 10.4 Å². The van der Waals surface area contributed by atoms with Crippen LogP contribution in [0, 0.1) is 0 Å². The number of carboxylic acids is 1. The van der Waals surface area contributed by atoms with E-state index >= 15 is 0 Å². The molecule has 1 aromatic carbocycles. The van der Waals surface area contributed by atoms with E-state index in [-0.39, 0.29) is 5.02 Å². The molecule has 82 valence electrons. The van der Waals surface area contributed by atoms with Gasteiger partial charge in [0.05, 0.1) is 10.6 Å². The molecule has 4 nitrogen and oxygen atoms in total. The van der Waals surface area contributed by atoms with E-state index in [0.717, 1.165) is 12.1 Å².